The smallest absolute Gasteiger partial charge is 0.0597 e. The van der Waals surface area contributed by atoms with Crippen molar-refractivity contribution in [1.29, 1.82) is 0 Å². The van der Waals surface area contributed by atoms with Gasteiger partial charge < -0.3 is 0 Å². The minimum absolute atomic E-state index is 0.286. The average Bonchev–Trinajstić information content (AvgIpc) is 2.71. The van der Waals surface area contributed by atoms with Gasteiger partial charge >= 0.3 is 0 Å². The molecule has 2 rings (SSSR count). The van der Waals surface area contributed by atoms with Gasteiger partial charge in [0.25, 0.3) is 0 Å². The predicted molar refractivity (Wildman–Crippen MR) is 81.9 cm³/mol. The molecule has 1 saturated heterocycles. The van der Waals surface area contributed by atoms with Gasteiger partial charge in [0.1, 0.15) is 0 Å². The molecule has 1 fully saturated rings. The third-order valence-corrected chi connectivity index (χ3v) is 7.72. The Morgan fingerprint density at radius 1 is 1.41 bits per heavy atom. The standard InChI is InChI=1S/C12H20N2S3/c1-7-8(2)17-11(6-16-7)12(14-13)10-4-5-15-9(10)3/h4-5,7-8,11-12,14H,6,13H2,1-3H3. The lowest BCUT2D eigenvalue weighted by Gasteiger charge is -2.35. The maximum absolute atomic E-state index is 5.78. The van der Waals surface area contributed by atoms with Gasteiger partial charge in [-0.2, -0.15) is 23.5 Å². The molecule has 0 spiro atoms. The van der Waals surface area contributed by atoms with Crippen molar-refractivity contribution in [2.24, 2.45) is 5.84 Å². The van der Waals surface area contributed by atoms with Gasteiger partial charge in [0.2, 0.25) is 0 Å². The van der Waals surface area contributed by atoms with Crippen LogP contribution in [0.3, 0.4) is 0 Å². The molecule has 4 atom stereocenters. The van der Waals surface area contributed by atoms with Gasteiger partial charge in [0.05, 0.1) is 6.04 Å². The van der Waals surface area contributed by atoms with E-state index in [1.165, 1.54) is 16.2 Å². The van der Waals surface area contributed by atoms with Crippen molar-refractivity contribution < 1.29 is 0 Å². The van der Waals surface area contributed by atoms with Crippen LogP contribution in [0, 0.1) is 6.92 Å². The van der Waals surface area contributed by atoms with Crippen molar-refractivity contribution in [1.82, 2.24) is 5.43 Å². The quantitative estimate of drug-likeness (QED) is 0.662. The fraction of sp³-hybridized carbons (Fsp3) is 0.667. The Bertz CT molecular complexity index is 366. The van der Waals surface area contributed by atoms with E-state index in [0.717, 1.165) is 5.25 Å². The molecule has 0 saturated carbocycles. The molecule has 1 aliphatic heterocycles. The average molecular weight is 289 g/mol. The van der Waals surface area contributed by atoms with Crippen LogP contribution in [-0.2, 0) is 0 Å². The molecule has 96 valence electrons. The summed E-state index contributed by atoms with van der Waals surface area (Å²) in [6, 6.07) is 2.49. The van der Waals surface area contributed by atoms with Crippen molar-refractivity contribution in [2.45, 2.75) is 42.6 Å². The summed E-state index contributed by atoms with van der Waals surface area (Å²) in [6.07, 6.45) is 0. The molecule has 0 aromatic carbocycles. The monoisotopic (exact) mass is 288 g/mol. The van der Waals surface area contributed by atoms with Crippen LogP contribution in [0.2, 0.25) is 0 Å². The van der Waals surface area contributed by atoms with Gasteiger partial charge in [-0.25, -0.2) is 0 Å². The first kappa shape index (κ1) is 13.7. The largest absolute Gasteiger partial charge is 0.271 e. The molecule has 0 aliphatic carbocycles. The number of nitrogens with two attached hydrogens (primary N) is 1. The van der Waals surface area contributed by atoms with E-state index in [2.05, 4.69) is 61.2 Å². The number of nitrogens with one attached hydrogen (secondary N) is 1. The summed E-state index contributed by atoms with van der Waals surface area (Å²) in [5, 5.41) is 4.18. The molecule has 1 aliphatic rings. The zero-order valence-electron chi connectivity index (χ0n) is 10.5. The third-order valence-electron chi connectivity index (χ3n) is 3.36. The number of hydrogen-bond acceptors (Lipinski definition) is 5. The van der Waals surface area contributed by atoms with Gasteiger partial charge in [-0.1, -0.05) is 13.8 Å². The Balaban J connectivity index is 2.12. The number of aryl methyl sites for hydroxylation is 1. The Labute approximate surface area is 116 Å². The van der Waals surface area contributed by atoms with Crippen molar-refractivity contribution >= 4 is 34.9 Å². The zero-order chi connectivity index (χ0) is 12.4. The van der Waals surface area contributed by atoms with Gasteiger partial charge in [-0.05, 0) is 23.9 Å². The maximum atomic E-state index is 5.78. The van der Waals surface area contributed by atoms with Crippen molar-refractivity contribution in [3.63, 3.8) is 0 Å². The highest BCUT2D eigenvalue weighted by Gasteiger charge is 2.32. The Kier molecular flexibility index (Phi) is 4.83. The molecule has 0 bridgehead atoms. The van der Waals surface area contributed by atoms with Gasteiger partial charge in [0, 0.05) is 26.4 Å². The van der Waals surface area contributed by atoms with E-state index in [0.29, 0.717) is 10.5 Å². The SMILES string of the molecule is Cc1sccc1C(NN)C1CSC(C)C(C)S1. The van der Waals surface area contributed by atoms with E-state index in [9.17, 15) is 0 Å². The Morgan fingerprint density at radius 3 is 2.71 bits per heavy atom. The van der Waals surface area contributed by atoms with Crippen LogP contribution < -0.4 is 11.3 Å². The number of hydrogen-bond donors (Lipinski definition) is 2. The molecule has 0 amide bonds. The van der Waals surface area contributed by atoms with Crippen LogP contribution in [0.15, 0.2) is 11.4 Å². The van der Waals surface area contributed by atoms with Crippen LogP contribution in [0.1, 0.15) is 30.3 Å². The number of hydrazine groups is 1. The number of thiophene rings is 1. The first-order valence-corrected chi connectivity index (χ1v) is 8.77. The van der Waals surface area contributed by atoms with Crippen LogP contribution in [0.5, 0.6) is 0 Å². The summed E-state index contributed by atoms with van der Waals surface area (Å²) in [7, 11) is 0. The molecule has 1 aromatic heterocycles. The summed E-state index contributed by atoms with van der Waals surface area (Å²) in [5.41, 5.74) is 4.40. The third kappa shape index (κ3) is 3.01. The van der Waals surface area contributed by atoms with Crippen molar-refractivity contribution in [3.05, 3.63) is 21.9 Å². The van der Waals surface area contributed by atoms with Crippen molar-refractivity contribution in [3.8, 4) is 0 Å². The number of thioether (sulfide) groups is 2. The van der Waals surface area contributed by atoms with Gasteiger partial charge in [0.15, 0.2) is 0 Å². The summed E-state index contributed by atoms with van der Waals surface area (Å²) in [6.45, 7) is 6.82. The summed E-state index contributed by atoms with van der Waals surface area (Å²) < 4.78 is 0. The molecule has 17 heavy (non-hydrogen) atoms. The minimum atomic E-state index is 0.286. The summed E-state index contributed by atoms with van der Waals surface area (Å²) >= 11 is 5.95. The second kappa shape index (κ2) is 5.97. The molecule has 2 heterocycles. The topological polar surface area (TPSA) is 38.0 Å². The van der Waals surface area contributed by atoms with E-state index in [1.54, 1.807) is 11.3 Å². The van der Waals surface area contributed by atoms with Gasteiger partial charge in [-0.15, -0.1) is 11.3 Å². The second-order valence-corrected chi connectivity index (χ2v) is 8.65. The highest BCUT2D eigenvalue weighted by molar-refractivity contribution is 8.07. The van der Waals surface area contributed by atoms with E-state index >= 15 is 0 Å². The highest BCUT2D eigenvalue weighted by atomic mass is 32.2. The molecular weight excluding hydrogens is 268 g/mol. The first-order chi connectivity index (χ1) is 8.13. The Morgan fingerprint density at radius 2 is 2.18 bits per heavy atom. The van der Waals surface area contributed by atoms with Crippen LogP contribution >= 0.6 is 34.9 Å². The lowest BCUT2D eigenvalue weighted by Crippen LogP contribution is -2.40. The first-order valence-electron chi connectivity index (χ1n) is 5.90. The highest BCUT2D eigenvalue weighted by Crippen LogP contribution is 2.41. The fourth-order valence-electron chi connectivity index (χ4n) is 2.10. The van der Waals surface area contributed by atoms with E-state index in [1.807, 2.05) is 0 Å². The van der Waals surface area contributed by atoms with E-state index in [-0.39, 0.29) is 6.04 Å². The molecule has 4 unspecified atom stereocenters. The van der Waals surface area contributed by atoms with Crippen molar-refractivity contribution in [2.75, 3.05) is 5.75 Å². The molecule has 3 N–H and O–H groups in total. The molecule has 5 heteroatoms. The van der Waals surface area contributed by atoms with E-state index < -0.39 is 0 Å². The molecule has 2 nitrogen and oxygen atoms in total. The molecular formula is C12H20N2S3. The minimum Gasteiger partial charge on any atom is -0.271 e. The molecule has 0 radical (unpaired) electrons. The van der Waals surface area contributed by atoms with Crippen LogP contribution in [0.4, 0.5) is 0 Å². The second-order valence-electron chi connectivity index (χ2n) is 4.49. The predicted octanol–water partition coefficient (Wildman–Crippen LogP) is 3.19. The summed E-state index contributed by atoms with van der Waals surface area (Å²) in [5.74, 6) is 6.96. The summed E-state index contributed by atoms with van der Waals surface area (Å²) in [4.78, 5) is 1.38. The molecule has 1 aromatic rings. The van der Waals surface area contributed by atoms with Crippen LogP contribution in [0.25, 0.3) is 0 Å². The lowest BCUT2D eigenvalue weighted by atomic mass is 10.1. The Hall–Kier alpha value is 0.320. The van der Waals surface area contributed by atoms with E-state index in [4.69, 9.17) is 5.84 Å². The normalized spacial score (nSPS) is 31.4. The number of rotatable bonds is 3. The fourth-order valence-corrected chi connectivity index (χ4v) is 5.94. The zero-order valence-corrected chi connectivity index (χ0v) is 12.9. The van der Waals surface area contributed by atoms with Gasteiger partial charge in [-0.3, -0.25) is 11.3 Å². The van der Waals surface area contributed by atoms with Crippen LogP contribution in [-0.4, -0.2) is 21.5 Å². The maximum Gasteiger partial charge on any atom is 0.0597 e. The lowest BCUT2D eigenvalue weighted by molar-refractivity contribution is 0.549.